The van der Waals surface area contributed by atoms with Gasteiger partial charge in [-0.3, -0.25) is 28.7 Å². The van der Waals surface area contributed by atoms with Crippen LogP contribution in [0.25, 0.3) is 0 Å². The molecule has 41 heavy (non-hydrogen) atoms. The van der Waals surface area contributed by atoms with Crippen LogP contribution in [0.1, 0.15) is 72.6 Å². The molecule has 6 rings (SSSR count). The van der Waals surface area contributed by atoms with Gasteiger partial charge in [-0.1, -0.05) is 19.9 Å². The quantitative estimate of drug-likeness (QED) is 0.327. The van der Waals surface area contributed by atoms with Gasteiger partial charge < -0.3 is 10.2 Å². The number of nitrogens with zero attached hydrogens (tertiary/aromatic N) is 2. The van der Waals surface area contributed by atoms with Crippen LogP contribution in [0.5, 0.6) is 0 Å². The van der Waals surface area contributed by atoms with Crippen LogP contribution in [0.15, 0.2) is 23.6 Å². The molecule has 3 fully saturated rings. The zero-order valence-corrected chi connectivity index (χ0v) is 24.5. The largest absolute Gasteiger partial charge is 0.378 e. The molecule has 0 radical (unpaired) electrons. The van der Waals surface area contributed by atoms with Gasteiger partial charge in [-0.05, 0) is 42.7 Å². The first-order valence-electron chi connectivity index (χ1n) is 13.7. The zero-order chi connectivity index (χ0) is 29.2. The van der Waals surface area contributed by atoms with E-state index < -0.39 is 27.5 Å². The number of anilines is 1. The van der Waals surface area contributed by atoms with Crippen molar-refractivity contribution in [2.24, 2.45) is 16.7 Å². The Kier molecular flexibility index (Phi) is 6.82. The topological polar surface area (TPSA) is 152 Å². The lowest BCUT2D eigenvalue weighted by Crippen LogP contribution is -2.52. The third-order valence-corrected chi connectivity index (χ3v) is 11.8. The molecule has 4 aliphatic rings. The number of aromatic nitrogens is 1. The number of hydrogen-bond acceptors (Lipinski definition) is 10. The Hall–Kier alpha value is -3.16. The number of benzene rings is 1. The molecule has 1 aromatic carbocycles. The smallest absolute Gasteiger partial charge is 0.268 e. The highest BCUT2D eigenvalue weighted by molar-refractivity contribution is 7.86. The molecule has 3 heterocycles. The maximum Gasteiger partial charge on any atom is 0.268 e. The molecule has 11 nitrogen and oxygen atoms in total. The van der Waals surface area contributed by atoms with Crippen LogP contribution in [-0.4, -0.2) is 53.6 Å². The van der Waals surface area contributed by atoms with E-state index >= 15 is 0 Å². The summed E-state index contributed by atoms with van der Waals surface area (Å²) >= 11 is 1.36. The van der Waals surface area contributed by atoms with Gasteiger partial charge in [-0.15, -0.1) is 11.3 Å². The fourth-order valence-corrected chi connectivity index (χ4v) is 9.40. The third kappa shape index (κ3) is 4.77. The molecule has 1 aromatic heterocycles. The van der Waals surface area contributed by atoms with Gasteiger partial charge in [0.2, 0.25) is 11.8 Å². The SMILES string of the molecule is CC1(C)C2CCC1(CS(=O)(=O)OCc1csc(CNc3cccc4c3CN(C3CCC(=O)NC3=O)C4=O)n1)C(=O)C2. The average molecular weight is 601 g/mol. The summed E-state index contributed by atoms with van der Waals surface area (Å²) in [5, 5.41) is 8.06. The Morgan fingerprint density at radius 2 is 2.00 bits per heavy atom. The molecule has 3 atom stereocenters. The van der Waals surface area contributed by atoms with E-state index in [0.717, 1.165) is 17.7 Å². The van der Waals surface area contributed by atoms with Crippen LogP contribution >= 0.6 is 11.3 Å². The van der Waals surface area contributed by atoms with Crippen molar-refractivity contribution < 1.29 is 31.8 Å². The average Bonchev–Trinajstić information content (AvgIpc) is 3.61. The number of nitrogens with one attached hydrogen (secondary N) is 2. The molecule has 2 aliphatic carbocycles. The van der Waals surface area contributed by atoms with Crippen molar-refractivity contribution in [3.05, 3.63) is 45.4 Å². The monoisotopic (exact) mass is 600 g/mol. The Labute approximate surface area is 242 Å². The second-order valence-corrected chi connectivity index (χ2v) is 14.5. The maximum atomic E-state index is 13.1. The zero-order valence-electron chi connectivity index (χ0n) is 22.9. The van der Waals surface area contributed by atoms with Gasteiger partial charge in [0.15, 0.2) is 0 Å². The van der Waals surface area contributed by atoms with E-state index in [1.54, 1.807) is 17.5 Å². The van der Waals surface area contributed by atoms with Crippen LogP contribution in [0.2, 0.25) is 0 Å². The number of imide groups is 1. The molecule has 13 heteroatoms. The molecule has 3 amide bonds. The minimum Gasteiger partial charge on any atom is -0.378 e. The van der Waals surface area contributed by atoms with Crippen molar-refractivity contribution in [3.8, 4) is 0 Å². The molecular formula is C28H32N4O7S2. The van der Waals surface area contributed by atoms with Crippen LogP contribution in [0, 0.1) is 16.7 Å². The normalized spacial score (nSPS) is 26.9. The molecule has 2 aliphatic heterocycles. The number of ketones is 1. The third-order valence-electron chi connectivity index (χ3n) is 9.56. The molecule has 2 saturated carbocycles. The minimum atomic E-state index is -3.95. The Morgan fingerprint density at radius 1 is 1.20 bits per heavy atom. The predicted molar refractivity (Wildman–Crippen MR) is 149 cm³/mol. The molecule has 2 N–H and O–H groups in total. The van der Waals surface area contributed by atoms with Crippen molar-refractivity contribution in [2.75, 3.05) is 11.1 Å². The van der Waals surface area contributed by atoms with E-state index in [9.17, 15) is 27.6 Å². The lowest BCUT2D eigenvalue weighted by Gasteiger charge is -2.35. The Balaban J connectivity index is 1.07. The van der Waals surface area contributed by atoms with E-state index in [0.29, 0.717) is 42.1 Å². The van der Waals surface area contributed by atoms with Crippen molar-refractivity contribution in [2.45, 2.75) is 71.7 Å². The Morgan fingerprint density at radius 3 is 2.71 bits per heavy atom. The number of piperidine rings is 1. The lowest BCUT2D eigenvalue weighted by atomic mass is 9.70. The second-order valence-electron chi connectivity index (χ2n) is 11.9. The van der Waals surface area contributed by atoms with Gasteiger partial charge in [0.1, 0.15) is 23.4 Å². The van der Waals surface area contributed by atoms with Crippen LogP contribution in [0.3, 0.4) is 0 Å². The van der Waals surface area contributed by atoms with Gasteiger partial charge >= 0.3 is 0 Å². The molecule has 3 unspecified atom stereocenters. The predicted octanol–water partition coefficient (Wildman–Crippen LogP) is 2.76. The van der Waals surface area contributed by atoms with Crippen molar-refractivity contribution >= 4 is 50.6 Å². The van der Waals surface area contributed by atoms with Crippen molar-refractivity contribution in [1.82, 2.24) is 15.2 Å². The van der Waals surface area contributed by atoms with E-state index in [-0.39, 0.29) is 54.3 Å². The standard InChI is InChI=1S/C28H32N4O7S2/c1-27(2)16-8-9-28(27,22(33)10-16)15-41(37,38)39-13-17-14-40-24(30-17)11-29-20-5-3-4-18-19(20)12-32(26(18)36)21-6-7-23(34)31-25(21)35/h3-5,14,16,21,29H,6-13,15H2,1-2H3,(H,31,34,35). The van der Waals surface area contributed by atoms with Crippen LogP contribution in [0.4, 0.5) is 5.69 Å². The van der Waals surface area contributed by atoms with E-state index in [1.165, 1.54) is 16.2 Å². The lowest BCUT2D eigenvalue weighted by molar-refractivity contribution is -0.137. The van der Waals surface area contributed by atoms with Gasteiger partial charge in [0, 0.05) is 41.6 Å². The number of carbonyl (C=O) groups is 4. The molecule has 1 saturated heterocycles. The number of thiazole rings is 1. The van der Waals surface area contributed by atoms with Crippen molar-refractivity contribution in [1.29, 1.82) is 0 Å². The summed E-state index contributed by atoms with van der Waals surface area (Å²) in [6.07, 6.45) is 2.38. The molecule has 2 aromatic rings. The number of rotatable bonds is 9. The van der Waals surface area contributed by atoms with E-state index in [2.05, 4.69) is 15.6 Å². The molecule has 2 bridgehead atoms. The fraction of sp³-hybridized carbons (Fsp3) is 0.536. The highest BCUT2D eigenvalue weighted by Gasteiger charge is 2.65. The number of carbonyl (C=O) groups excluding carboxylic acids is 4. The molecular weight excluding hydrogens is 568 g/mol. The Bertz CT molecular complexity index is 1570. The summed E-state index contributed by atoms with van der Waals surface area (Å²) in [5.41, 5.74) is 1.26. The first-order chi connectivity index (χ1) is 19.4. The fourth-order valence-electron chi connectivity index (χ4n) is 7.02. The van der Waals surface area contributed by atoms with Crippen LogP contribution in [-0.2, 0) is 48.4 Å². The summed E-state index contributed by atoms with van der Waals surface area (Å²) in [4.78, 5) is 55.7. The summed E-state index contributed by atoms with van der Waals surface area (Å²) in [6, 6.07) is 4.65. The summed E-state index contributed by atoms with van der Waals surface area (Å²) in [6.45, 7) is 4.38. The van der Waals surface area contributed by atoms with Gasteiger partial charge in [-0.2, -0.15) is 8.42 Å². The number of amides is 3. The highest BCUT2D eigenvalue weighted by atomic mass is 32.2. The van der Waals surface area contributed by atoms with Gasteiger partial charge in [0.25, 0.3) is 16.0 Å². The van der Waals surface area contributed by atoms with Gasteiger partial charge in [-0.25, -0.2) is 4.98 Å². The number of hydrogen-bond donors (Lipinski definition) is 2. The highest BCUT2D eigenvalue weighted by Crippen LogP contribution is 2.64. The summed E-state index contributed by atoms with van der Waals surface area (Å²) in [5.74, 6) is -1.08. The van der Waals surface area contributed by atoms with Crippen LogP contribution < -0.4 is 10.6 Å². The van der Waals surface area contributed by atoms with Gasteiger partial charge in [0.05, 0.1) is 23.4 Å². The van der Waals surface area contributed by atoms with E-state index in [1.807, 2.05) is 19.9 Å². The number of Topliss-reactive ketones (excluding diaryl/α,β-unsaturated/α-hetero) is 1. The first-order valence-corrected chi connectivity index (χ1v) is 16.2. The minimum absolute atomic E-state index is 0.0299. The van der Waals surface area contributed by atoms with E-state index in [4.69, 9.17) is 4.18 Å². The second kappa shape index (κ2) is 9.99. The molecule has 0 spiro atoms. The maximum absolute atomic E-state index is 13.1. The number of fused-ring (bicyclic) bond motifs is 3. The summed E-state index contributed by atoms with van der Waals surface area (Å²) in [7, 11) is -3.95. The first kappa shape index (κ1) is 28.0. The molecule has 218 valence electrons. The van der Waals surface area contributed by atoms with Crippen molar-refractivity contribution in [3.63, 3.8) is 0 Å². The summed E-state index contributed by atoms with van der Waals surface area (Å²) < 4.78 is 31.2.